The van der Waals surface area contributed by atoms with Crippen molar-refractivity contribution in [2.45, 2.75) is 18.7 Å². The van der Waals surface area contributed by atoms with Crippen molar-refractivity contribution in [3.63, 3.8) is 0 Å². The van der Waals surface area contributed by atoms with Gasteiger partial charge in [-0.05, 0) is 38.1 Å². The average Bonchev–Trinajstić information content (AvgIpc) is 2.64. The Morgan fingerprint density at radius 2 is 1.46 bits per heavy atom. The summed E-state index contributed by atoms with van der Waals surface area (Å²) in [4.78, 5) is 13.3. The fourth-order valence-corrected chi connectivity index (χ4v) is 4.74. The van der Waals surface area contributed by atoms with Crippen molar-refractivity contribution >= 4 is 15.9 Å². The highest BCUT2D eigenvalue weighted by atomic mass is 32.2. The lowest BCUT2D eigenvalue weighted by molar-refractivity contribution is 0.0697. The largest absolute Gasteiger partial charge is 0.336 e. The number of carbonyl (C=O) groups is 1. The van der Waals surface area contributed by atoms with Crippen LogP contribution in [0.5, 0.6) is 0 Å². The summed E-state index contributed by atoms with van der Waals surface area (Å²) >= 11 is 0. The predicted molar refractivity (Wildman–Crippen MR) is 96.9 cm³/mol. The van der Waals surface area contributed by atoms with E-state index in [-0.39, 0.29) is 32.1 Å². The van der Waals surface area contributed by atoms with Gasteiger partial charge in [-0.25, -0.2) is 21.6 Å². The van der Waals surface area contributed by atoms with Gasteiger partial charge in [-0.3, -0.25) is 4.79 Å². The molecule has 1 saturated heterocycles. The molecule has 3 rings (SSSR count). The Hall–Kier alpha value is -2.39. The summed E-state index contributed by atoms with van der Waals surface area (Å²) < 4.78 is 66.6. The molecule has 2 aromatic carbocycles. The highest BCUT2D eigenvalue weighted by Crippen LogP contribution is 2.24. The van der Waals surface area contributed by atoms with E-state index < -0.39 is 32.4 Å². The van der Waals surface area contributed by atoms with Crippen LogP contribution in [0.4, 0.5) is 13.2 Å². The van der Waals surface area contributed by atoms with E-state index in [9.17, 15) is 26.4 Å². The third-order valence-corrected chi connectivity index (χ3v) is 6.53. The lowest BCUT2D eigenvalue weighted by Gasteiger charge is -2.34. The van der Waals surface area contributed by atoms with Crippen molar-refractivity contribution in [3.05, 3.63) is 64.5 Å². The van der Waals surface area contributed by atoms with Gasteiger partial charge >= 0.3 is 0 Å². The van der Waals surface area contributed by atoms with Gasteiger partial charge in [0, 0.05) is 31.7 Å². The molecule has 1 heterocycles. The Balaban J connectivity index is 1.76. The number of piperazine rings is 1. The van der Waals surface area contributed by atoms with Gasteiger partial charge in [0.15, 0.2) is 17.5 Å². The first-order chi connectivity index (χ1) is 13.1. The van der Waals surface area contributed by atoms with Gasteiger partial charge in [-0.2, -0.15) is 4.31 Å². The first-order valence-corrected chi connectivity index (χ1v) is 10.1. The number of benzene rings is 2. The molecule has 0 radical (unpaired) electrons. The maximum Gasteiger partial charge on any atom is 0.253 e. The summed E-state index contributed by atoms with van der Waals surface area (Å²) in [5.41, 5.74) is 2.40. The number of rotatable bonds is 3. The summed E-state index contributed by atoms with van der Waals surface area (Å²) in [5.74, 6) is -5.25. The molecule has 0 spiro atoms. The number of nitrogens with zero attached hydrogens (tertiary/aromatic N) is 2. The molecule has 0 aliphatic carbocycles. The number of halogens is 3. The van der Waals surface area contributed by atoms with E-state index in [4.69, 9.17) is 0 Å². The minimum absolute atomic E-state index is 0.0721. The number of amides is 1. The highest BCUT2D eigenvalue weighted by molar-refractivity contribution is 7.89. The molecule has 150 valence electrons. The van der Waals surface area contributed by atoms with Crippen molar-refractivity contribution in [2.24, 2.45) is 0 Å². The minimum Gasteiger partial charge on any atom is -0.336 e. The molecule has 0 unspecified atom stereocenters. The van der Waals surface area contributed by atoms with Gasteiger partial charge in [0.25, 0.3) is 5.91 Å². The Kier molecular flexibility index (Phi) is 5.49. The van der Waals surface area contributed by atoms with Crippen LogP contribution in [0.2, 0.25) is 0 Å². The zero-order valence-electron chi connectivity index (χ0n) is 15.4. The highest BCUT2D eigenvalue weighted by Gasteiger charge is 2.33. The van der Waals surface area contributed by atoms with Crippen molar-refractivity contribution in [1.29, 1.82) is 0 Å². The molecule has 1 aliphatic rings. The van der Waals surface area contributed by atoms with Crippen molar-refractivity contribution < 1.29 is 26.4 Å². The zero-order valence-corrected chi connectivity index (χ0v) is 16.2. The first kappa shape index (κ1) is 20.3. The predicted octanol–water partition coefficient (Wildman–Crippen LogP) is 2.87. The van der Waals surface area contributed by atoms with E-state index in [1.54, 1.807) is 12.1 Å². The van der Waals surface area contributed by atoms with Crippen LogP contribution in [-0.2, 0) is 10.0 Å². The molecular weight excluding hydrogens is 393 g/mol. The topological polar surface area (TPSA) is 57.7 Å². The molecule has 5 nitrogen and oxygen atoms in total. The van der Waals surface area contributed by atoms with E-state index >= 15 is 0 Å². The van der Waals surface area contributed by atoms with E-state index in [1.165, 1.54) is 4.90 Å². The number of sulfonamides is 1. The molecule has 0 atom stereocenters. The van der Waals surface area contributed by atoms with E-state index in [0.717, 1.165) is 15.4 Å². The van der Waals surface area contributed by atoms with Crippen LogP contribution in [0.25, 0.3) is 0 Å². The smallest absolute Gasteiger partial charge is 0.253 e. The second kappa shape index (κ2) is 7.56. The van der Waals surface area contributed by atoms with Crippen LogP contribution in [0, 0.1) is 31.3 Å². The quantitative estimate of drug-likeness (QED) is 0.729. The zero-order chi connectivity index (χ0) is 20.6. The molecule has 0 aromatic heterocycles. The number of aryl methyl sites for hydroxylation is 2. The van der Waals surface area contributed by atoms with Crippen LogP contribution < -0.4 is 0 Å². The molecule has 1 aliphatic heterocycles. The lowest BCUT2D eigenvalue weighted by Crippen LogP contribution is -2.50. The number of carbonyl (C=O) groups excluding carboxylic acids is 1. The van der Waals surface area contributed by atoms with Crippen molar-refractivity contribution in [2.75, 3.05) is 26.2 Å². The summed E-state index contributed by atoms with van der Waals surface area (Å²) in [6.45, 7) is 3.83. The summed E-state index contributed by atoms with van der Waals surface area (Å²) in [7, 11) is -4.35. The molecular formula is C19H19F3N2O3S. The second-order valence-corrected chi connectivity index (χ2v) is 8.65. The van der Waals surface area contributed by atoms with E-state index in [1.807, 2.05) is 19.9 Å². The van der Waals surface area contributed by atoms with Crippen LogP contribution in [0.15, 0.2) is 35.2 Å². The van der Waals surface area contributed by atoms with Gasteiger partial charge in [0.2, 0.25) is 10.0 Å². The van der Waals surface area contributed by atoms with Crippen molar-refractivity contribution in [3.8, 4) is 0 Å². The summed E-state index contributed by atoms with van der Waals surface area (Å²) in [5, 5.41) is 0. The molecule has 0 bridgehead atoms. The van der Waals surface area contributed by atoms with E-state index in [0.29, 0.717) is 17.7 Å². The van der Waals surface area contributed by atoms with Gasteiger partial charge in [0.05, 0.1) is 0 Å². The number of hydrogen-bond donors (Lipinski definition) is 0. The SMILES string of the molecule is Cc1cc(C)cc(C(=O)N2CCN(S(=O)(=O)c3ccc(F)c(F)c3F)CC2)c1. The molecule has 0 saturated carbocycles. The minimum atomic E-state index is -4.35. The fourth-order valence-electron chi connectivity index (χ4n) is 3.26. The number of hydrogen-bond acceptors (Lipinski definition) is 3. The molecule has 1 amide bonds. The van der Waals surface area contributed by atoms with Crippen molar-refractivity contribution in [1.82, 2.24) is 9.21 Å². The Morgan fingerprint density at radius 1 is 0.893 bits per heavy atom. The maximum absolute atomic E-state index is 13.9. The maximum atomic E-state index is 13.9. The van der Waals surface area contributed by atoms with Crippen LogP contribution in [0.3, 0.4) is 0 Å². The third-order valence-electron chi connectivity index (χ3n) is 4.61. The normalized spacial score (nSPS) is 15.7. The standard InChI is InChI=1S/C19H19F3N2O3S/c1-12-9-13(2)11-14(10-12)19(25)23-5-7-24(8-6-23)28(26,27)16-4-3-15(20)17(21)18(16)22/h3-4,9-11H,5-8H2,1-2H3. The average molecular weight is 412 g/mol. The summed E-state index contributed by atoms with van der Waals surface area (Å²) in [6, 6.07) is 6.74. The van der Waals surface area contributed by atoms with Gasteiger partial charge < -0.3 is 4.90 Å². The lowest BCUT2D eigenvalue weighted by atomic mass is 10.1. The van der Waals surface area contributed by atoms with Crippen LogP contribution in [0.1, 0.15) is 21.5 Å². The van der Waals surface area contributed by atoms with Gasteiger partial charge in [0.1, 0.15) is 4.90 Å². The molecule has 2 aromatic rings. The molecule has 0 N–H and O–H groups in total. The monoisotopic (exact) mass is 412 g/mol. The van der Waals surface area contributed by atoms with Gasteiger partial charge in [-0.1, -0.05) is 17.2 Å². The Labute approximate surface area is 161 Å². The summed E-state index contributed by atoms with van der Waals surface area (Å²) in [6.07, 6.45) is 0. The molecule has 1 fully saturated rings. The third kappa shape index (κ3) is 3.77. The second-order valence-electron chi connectivity index (χ2n) is 6.75. The van der Waals surface area contributed by atoms with Gasteiger partial charge in [-0.15, -0.1) is 0 Å². The van der Waals surface area contributed by atoms with E-state index in [2.05, 4.69) is 0 Å². The Morgan fingerprint density at radius 3 is 2.04 bits per heavy atom. The van der Waals surface area contributed by atoms with Crippen LogP contribution in [-0.4, -0.2) is 49.7 Å². The van der Waals surface area contributed by atoms with Crippen LogP contribution >= 0.6 is 0 Å². The Bertz CT molecular complexity index is 1010. The first-order valence-electron chi connectivity index (χ1n) is 8.62. The molecule has 28 heavy (non-hydrogen) atoms. The fraction of sp³-hybridized carbons (Fsp3) is 0.316. The molecule has 9 heteroatoms.